The lowest BCUT2D eigenvalue weighted by atomic mass is 10.2. The average molecular weight is 378 g/mol. The van der Waals surface area contributed by atoms with Crippen molar-refractivity contribution in [2.24, 2.45) is 0 Å². The summed E-state index contributed by atoms with van der Waals surface area (Å²) in [6.45, 7) is 3.42. The lowest BCUT2D eigenvalue weighted by Crippen LogP contribution is -2.42. The third-order valence-electron chi connectivity index (χ3n) is 3.66. The maximum atomic E-state index is 13.2. The van der Waals surface area contributed by atoms with Gasteiger partial charge in [0.05, 0.1) is 10.7 Å². The second-order valence-corrected chi connectivity index (χ2v) is 6.61. The zero-order chi connectivity index (χ0) is 15.4. The highest BCUT2D eigenvalue weighted by molar-refractivity contribution is 9.10. The van der Waals surface area contributed by atoms with Gasteiger partial charge in [0.2, 0.25) is 5.91 Å². The van der Waals surface area contributed by atoms with Gasteiger partial charge in [-0.25, -0.2) is 4.39 Å². The maximum Gasteiger partial charge on any atom is 0.244 e. The van der Waals surface area contributed by atoms with Crippen LogP contribution in [0.15, 0.2) is 16.6 Å². The van der Waals surface area contributed by atoms with Crippen LogP contribution in [0.5, 0.6) is 0 Å². The van der Waals surface area contributed by atoms with Crippen LogP contribution in [-0.4, -0.2) is 29.9 Å². The van der Waals surface area contributed by atoms with Gasteiger partial charge in [-0.2, -0.15) is 0 Å². The van der Waals surface area contributed by atoms with Crippen molar-refractivity contribution in [1.82, 2.24) is 4.90 Å². The Morgan fingerprint density at radius 2 is 1.95 bits per heavy atom. The summed E-state index contributed by atoms with van der Waals surface area (Å²) in [5.41, 5.74) is 0.550. The van der Waals surface area contributed by atoms with Crippen LogP contribution in [0.4, 0.5) is 10.1 Å². The maximum absolute atomic E-state index is 13.2. The highest BCUT2D eigenvalue weighted by Crippen LogP contribution is 2.32. The van der Waals surface area contributed by atoms with E-state index >= 15 is 0 Å². The number of carbonyl (C=O) groups excluding carboxylic acids is 1. The van der Waals surface area contributed by atoms with Gasteiger partial charge in [0.15, 0.2) is 0 Å². The van der Waals surface area contributed by atoms with E-state index in [-0.39, 0.29) is 10.9 Å². The van der Waals surface area contributed by atoms with Crippen LogP contribution in [-0.2, 0) is 4.79 Å². The van der Waals surface area contributed by atoms with E-state index in [0.717, 1.165) is 25.9 Å². The topological polar surface area (TPSA) is 32.3 Å². The minimum Gasteiger partial charge on any atom is -0.372 e. The molecule has 1 aliphatic rings. The number of nitrogens with one attached hydrogen (secondary N) is 1. The molecule has 21 heavy (non-hydrogen) atoms. The van der Waals surface area contributed by atoms with Gasteiger partial charge in [-0.1, -0.05) is 24.4 Å². The Morgan fingerprint density at radius 3 is 2.52 bits per heavy atom. The van der Waals surface area contributed by atoms with Crippen molar-refractivity contribution < 1.29 is 9.18 Å². The molecule has 1 aromatic rings. The molecule has 116 valence electrons. The summed E-state index contributed by atoms with van der Waals surface area (Å²) in [5, 5.41) is 3.35. The normalized spacial score (nSPS) is 17.2. The van der Waals surface area contributed by atoms with Gasteiger partial charge in [0, 0.05) is 17.6 Å². The first-order chi connectivity index (χ1) is 9.99. The molecule has 2 rings (SSSR count). The fraction of sp³-hybridized carbons (Fsp3) is 0.533. The minimum atomic E-state index is -0.413. The molecule has 3 nitrogen and oxygen atoms in total. The largest absolute Gasteiger partial charge is 0.372 e. The zero-order valence-corrected chi connectivity index (χ0v) is 14.3. The summed E-state index contributed by atoms with van der Waals surface area (Å²) in [7, 11) is 0. The third-order valence-corrected chi connectivity index (χ3v) is 4.58. The lowest BCUT2D eigenvalue weighted by Gasteiger charge is -2.25. The van der Waals surface area contributed by atoms with Crippen molar-refractivity contribution >= 4 is 39.1 Å². The molecule has 0 bridgehead atoms. The number of nitrogens with zero attached hydrogens (tertiary/aromatic N) is 1. The molecular weight excluding hydrogens is 359 g/mol. The Morgan fingerprint density at radius 1 is 1.33 bits per heavy atom. The first kappa shape index (κ1) is 16.6. The standard InChI is InChI=1S/C15H19BrClFN2O/c1-10(15(21)20-6-4-2-3-5-7-20)19-14-12(16)8-11(18)9-13(14)17/h8-10,19H,2-7H2,1H3. The van der Waals surface area contributed by atoms with E-state index in [4.69, 9.17) is 11.6 Å². The molecule has 1 unspecified atom stereocenters. The zero-order valence-electron chi connectivity index (χ0n) is 12.0. The quantitative estimate of drug-likeness (QED) is 0.844. The molecule has 1 saturated heterocycles. The van der Waals surface area contributed by atoms with Gasteiger partial charge >= 0.3 is 0 Å². The van der Waals surface area contributed by atoms with Gasteiger partial charge in [-0.05, 0) is 47.8 Å². The molecule has 1 heterocycles. The van der Waals surface area contributed by atoms with E-state index in [1.807, 2.05) is 4.90 Å². The molecule has 1 N–H and O–H groups in total. The monoisotopic (exact) mass is 376 g/mol. The lowest BCUT2D eigenvalue weighted by molar-refractivity contribution is -0.131. The van der Waals surface area contributed by atoms with Crippen LogP contribution >= 0.6 is 27.5 Å². The van der Waals surface area contributed by atoms with Crippen LogP contribution in [0.3, 0.4) is 0 Å². The second-order valence-electron chi connectivity index (χ2n) is 5.35. The highest BCUT2D eigenvalue weighted by Gasteiger charge is 2.22. The Kier molecular flexibility index (Phi) is 5.88. The Labute approximate surface area is 138 Å². The third kappa shape index (κ3) is 4.33. The molecule has 1 aliphatic heterocycles. The molecule has 1 aromatic carbocycles. The van der Waals surface area contributed by atoms with Crippen LogP contribution in [0, 0.1) is 5.82 Å². The van der Waals surface area contributed by atoms with E-state index in [1.165, 1.54) is 25.0 Å². The Hall–Kier alpha value is -0.810. The molecule has 1 fully saturated rings. The first-order valence-corrected chi connectivity index (χ1v) is 8.36. The average Bonchev–Trinajstić information content (AvgIpc) is 2.70. The van der Waals surface area contributed by atoms with Crippen LogP contribution in [0.2, 0.25) is 5.02 Å². The number of hydrogen-bond donors (Lipinski definition) is 1. The highest BCUT2D eigenvalue weighted by atomic mass is 79.9. The summed E-state index contributed by atoms with van der Waals surface area (Å²) in [6.07, 6.45) is 4.47. The number of halogens is 3. The summed E-state index contributed by atoms with van der Waals surface area (Å²) < 4.78 is 13.7. The fourth-order valence-corrected chi connectivity index (χ4v) is 3.44. The van der Waals surface area contributed by atoms with Gasteiger partial charge in [-0.3, -0.25) is 4.79 Å². The van der Waals surface area contributed by atoms with Gasteiger partial charge in [0.25, 0.3) is 0 Å². The Balaban J connectivity index is 2.06. The molecule has 1 atom stereocenters. The van der Waals surface area contributed by atoms with Crippen LogP contribution in [0.1, 0.15) is 32.6 Å². The summed E-state index contributed by atoms with van der Waals surface area (Å²) in [5.74, 6) is -0.354. The van der Waals surface area contributed by atoms with E-state index in [0.29, 0.717) is 10.2 Å². The van der Waals surface area contributed by atoms with Crippen molar-refractivity contribution in [3.63, 3.8) is 0 Å². The fourth-order valence-electron chi connectivity index (χ4n) is 2.52. The molecule has 0 aromatic heterocycles. The molecule has 6 heteroatoms. The number of carbonyl (C=O) groups is 1. The van der Waals surface area contributed by atoms with Crippen LogP contribution < -0.4 is 5.32 Å². The molecule has 1 amide bonds. The first-order valence-electron chi connectivity index (χ1n) is 7.19. The molecule has 0 radical (unpaired) electrons. The van der Waals surface area contributed by atoms with Gasteiger partial charge in [0.1, 0.15) is 11.9 Å². The molecule has 0 spiro atoms. The predicted molar refractivity (Wildman–Crippen MR) is 87.2 cm³/mol. The van der Waals surface area contributed by atoms with E-state index < -0.39 is 11.9 Å². The molecular formula is C15H19BrClFN2O. The van der Waals surface area contributed by atoms with Crippen molar-refractivity contribution in [1.29, 1.82) is 0 Å². The van der Waals surface area contributed by atoms with Crippen molar-refractivity contribution in [3.8, 4) is 0 Å². The summed E-state index contributed by atoms with van der Waals surface area (Å²) >= 11 is 9.31. The van der Waals surface area contributed by atoms with Crippen LogP contribution in [0.25, 0.3) is 0 Å². The number of anilines is 1. The van der Waals surface area contributed by atoms with E-state index in [2.05, 4.69) is 21.2 Å². The number of rotatable bonds is 3. The summed E-state index contributed by atoms with van der Waals surface area (Å²) in [6, 6.07) is 2.16. The number of amides is 1. The second kappa shape index (κ2) is 7.45. The van der Waals surface area contributed by atoms with Crippen molar-refractivity contribution in [3.05, 3.63) is 27.4 Å². The number of likely N-dealkylation sites (tertiary alicyclic amines) is 1. The Bertz CT molecular complexity index is 495. The van der Waals surface area contributed by atoms with E-state index in [9.17, 15) is 9.18 Å². The predicted octanol–water partition coefficient (Wildman–Crippen LogP) is 4.44. The van der Waals surface area contributed by atoms with Gasteiger partial charge in [-0.15, -0.1) is 0 Å². The number of hydrogen-bond acceptors (Lipinski definition) is 2. The van der Waals surface area contributed by atoms with Crippen molar-refractivity contribution in [2.75, 3.05) is 18.4 Å². The minimum absolute atomic E-state index is 0.0594. The molecule has 0 aliphatic carbocycles. The van der Waals surface area contributed by atoms with Crippen molar-refractivity contribution in [2.45, 2.75) is 38.6 Å². The SMILES string of the molecule is CC(Nc1c(Cl)cc(F)cc1Br)C(=O)N1CCCCCC1. The number of benzene rings is 1. The van der Waals surface area contributed by atoms with E-state index in [1.54, 1.807) is 6.92 Å². The van der Waals surface area contributed by atoms with Gasteiger partial charge < -0.3 is 10.2 Å². The molecule has 0 saturated carbocycles. The summed E-state index contributed by atoms with van der Waals surface area (Å²) in [4.78, 5) is 14.4. The smallest absolute Gasteiger partial charge is 0.244 e.